The van der Waals surface area contributed by atoms with Crippen molar-refractivity contribution in [3.63, 3.8) is 0 Å². The maximum atomic E-state index is 12.8. The van der Waals surface area contributed by atoms with Gasteiger partial charge in [-0.25, -0.2) is 0 Å². The van der Waals surface area contributed by atoms with Crippen molar-refractivity contribution < 1.29 is 18.0 Å². The molecule has 1 aliphatic rings. The monoisotopic (exact) mass is 336 g/mol. The highest BCUT2D eigenvalue weighted by Crippen LogP contribution is 2.32. The third kappa shape index (κ3) is 4.14. The van der Waals surface area contributed by atoms with E-state index >= 15 is 0 Å². The van der Waals surface area contributed by atoms with E-state index in [1.54, 1.807) is 19.9 Å². The number of alkyl halides is 3. The molecule has 1 aromatic rings. The van der Waals surface area contributed by atoms with Gasteiger partial charge in [-0.3, -0.25) is 4.79 Å². The first kappa shape index (κ1) is 18.8. The summed E-state index contributed by atoms with van der Waals surface area (Å²) in [6.45, 7) is 5.55. The van der Waals surface area contributed by atoms with E-state index in [0.29, 0.717) is 18.0 Å². The predicted molar refractivity (Wildman–Crippen MR) is 81.1 cm³/mol. The van der Waals surface area contributed by atoms with Crippen LogP contribution in [0.5, 0.6) is 0 Å². The third-order valence-corrected chi connectivity index (χ3v) is 3.90. The molecule has 124 valence electrons. The first-order valence-electron chi connectivity index (χ1n) is 6.88. The average Bonchev–Trinajstić information content (AvgIpc) is 2.36. The van der Waals surface area contributed by atoms with E-state index in [-0.39, 0.29) is 18.3 Å². The molecule has 0 aromatic heterocycles. The Morgan fingerprint density at radius 3 is 2.36 bits per heavy atom. The Hall–Kier alpha value is -1.27. The summed E-state index contributed by atoms with van der Waals surface area (Å²) < 4.78 is 38.3. The number of nitrogens with one attached hydrogen (secondary N) is 2. The van der Waals surface area contributed by atoms with E-state index in [2.05, 4.69) is 10.6 Å². The van der Waals surface area contributed by atoms with Gasteiger partial charge in [0.15, 0.2) is 0 Å². The Morgan fingerprint density at radius 1 is 1.27 bits per heavy atom. The van der Waals surface area contributed by atoms with Crippen molar-refractivity contribution in [2.75, 3.05) is 19.6 Å². The van der Waals surface area contributed by atoms with Gasteiger partial charge in [-0.05, 0) is 25.5 Å². The van der Waals surface area contributed by atoms with Crippen molar-refractivity contribution in [3.8, 4) is 0 Å². The molecule has 1 aromatic carbocycles. The van der Waals surface area contributed by atoms with Crippen molar-refractivity contribution in [1.29, 1.82) is 0 Å². The molecule has 0 spiro atoms. The summed E-state index contributed by atoms with van der Waals surface area (Å²) in [6.07, 6.45) is -4.40. The molecule has 1 aliphatic heterocycles. The molecule has 1 amide bonds. The Balaban J connectivity index is 0.00000242. The predicted octanol–water partition coefficient (Wildman–Crippen LogP) is 2.74. The molecular formula is C15H20ClF3N2O. The van der Waals surface area contributed by atoms with Crippen LogP contribution in [0.1, 0.15) is 25.0 Å². The second-order valence-electron chi connectivity index (χ2n) is 5.94. The van der Waals surface area contributed by atoms with Gasteiger partial charge in [0.25, 0.3) is 0 Å². The lowest BCUT2D eigenvalue weighted by molar-refractivity contribution is -0.138. The van der Waals surface area contributed by atoms with Crippen LogP contribution in [0.15, 0.2) is 24.3 Å². The van der Waals surface area contributed by atoms with Gasteiger partial charge < -0.3 is 10.6 Å². The molecular weight excluding hydrogens is 317 g/mol. The van der Waals surface area contributed by atoms with Crippen LogP contribution in [0.4, 0.5) is 13.2 Å². The van der Waals surface area contributed by atoms with Crippen LogP contribution in [0.2, 0.25) is 0 Å². The van der Waals surface area contributed by atoms with Gasteiger partial charge in [0, 0.05) is 25.6 Å². The molecule has 1 heterocycles. The zero-order valence-electron chi connectivity index (χ0n) is 12.5. The van der Waals surface area contributed by atoms with E-state index in [4.69, 9.17) is 0 Å². The molecule has 22 heavy (non-hydrogen) atoms. The van der Waals surface area contributed by atoms with Crippen LogP contribution in [-0.4, -0.2) is 25.5 Å². The summed E-state index contributed by atoms with van der Waals surface area (Å²) in [7, 11) is 0. The van der Waals surface area contributed by atoms with Crippen molar-refractivity contribution in [2.24, 2.45) is 5.92 Å². The number of benzene rings is 1. The quantitative estimate of drug-likeness (QED) is 0.887. The lowest BCUT2D eigenvalue weighted by Gasteiger charge is -2.30. The molecule has 0 saturated carbocycles. The second kappa shape index (κ2) is 6.87. The highest BCUT2D eigenvalue weighted by molar-refractivity contribution is 5.87. The molecule has 1 saturated heterocycles. The Morgan fingerprint density at radius 2 is 1.86 bits per heavy atom. The minimum Gasteiger partial charge on any atom is -0.355 e. The van der Waals surface area contributed by atoms with Gasteiger partial charge in [0.1, 0.15) is 0 Å². The lowest BCUT2D eigenvalue weighted by atomic mass is 9.82. The molecule has 7 heteroatoms. The van der Waals surface area contributed by atoms with Gasteiger partial charge in [-0.1, -0.05) is 18.2 Å². The van der Waals surface area contributed by atoms with Crippen LogP contribution < -0.4 is 10.6 Å². The minimum atomic E-state index is -4.40. The van der Waals surface area contributed by atoms with Crippen molar-refractivity contribution in [3.05, 3.63) is 35.4 Å². The summed E-state index contributed by atoms with van der Waals surface area (Å²) in [6, 6.07) is 4.95. The summed E-state index contributed by atoms with van der Waals surface area (Å²) in [5, 5.41) is 5.92. The number of hydrogen-bond donors (Lipinski definition) is 2. The maximum Gasteiger partial charge on any atom is 0.416 e. The highest BCUT2D eigenvalue weighted by atomic mass is 35.5. The van der Waals surface area contributed by atoms with Crippen LogP contribution in [0.3, 0.4) is 0 Å². The van der Waals surface area contributed by atoms with E-state index in [1.807, 2.05) is 0 Å². The molecule has 2 rings (SSSR count). The fraction of sp³-hybridized carbons (Fsp3) is 0.533. The molecule has 0 bridgehead atoms. The zero-order chi connectivity index (χ0) is 15.7. The van der Waals surface area contributed by atoms with Crippen LogP contribution in [0, 0.1) is 5.92 Å². The Labute approximate surface area is 134 Å². The van der Waals surface area contributed by atoms with Crippen molar-refractivity contribution in [1.82, 2.24) is 10.6 Å². The summed E-state index contributed by atoms with van der Waals surface area (Å²) in [5.41, 5.74) is -1.37. The molecule has 0 unspecified atom stereocenters. The first-order chi connectivity index (χ1) is 9.71. The number of carbonyl (C=O) groups excluding carboxylic acids is 1. The largest absolute Gasteiger partial charge is 0.416 e. The highest BCUT2D eigenvalue weighted by Gasteiger charge is 2.35. The SMILES string of the molecule is CC(C)(C(=O)NCC1CNC1)c1cccc(C(F)(F)F)c1.Cl. The Kier molecular flexibility index (Phi) is 5.87. The molecule has 2 N–H and O–H groups in total. The van der Waals surface area contributed by atoms with Gasteiger partial charge in [-0.2, -0.15) is 13.2 Å². The van der Waals surface area contributed by atoms with E-state index in [0.717, 1.165) is 25.2 Å². The topological polar surface area (TPSA) is 41.1 Å². The third-order valence-electron chi connectivity index (χ3n) is 3.90. The van der Waals surface area contributed by atoms with E-state index in [1.165, 1.54) is 6.07 Å². The number of hydrogen-bond acceptors (Lipinski definition) is 2. The van der Waals surface area contributed by atoms with Gasteiger partial charge >= 0.3 is 6.18 Å². The van der Waals surface area contributed by atoms with E-state index in [9.17, 15) is 18.0 Å². The lowest BCUT2D eigenvalue weighted by Crippen LogP contribution is -2.50. The Bertz CT molecular complexity index is 528. The molecule has 0 aliphatic carbocycles. The fourth-order valence-electron chi connectivity index (χ4n) is 2.17. The maximum absolute atomic E-state index is 12.8. The van der Waals surface area contributed by atoms with Crippen molar-refractivity contribution >= 4 is 18.3 Å². The fourth-order valence-corrected chi connectivity index (χ4v) is 2.17. The molecule has 1 fully saturated rings. The molecule has 0 radical (unpaired) electrons. The van der Waals surface area contributed by atoms with Gasteiger partial charge in [0.05, 0.1) is 11.0 Å². The van der Waals surface area contributed by atoms with Crippen LogP contribution in [-0.2, 0) is 16.4 Å². The van der Waals surface area contributed by atoms with Crippen LogP contribution >= 0.6 is 12.4 Å². The van der Waals surface area contributed by atoms with Gasteiger partial charge in [-0.15, -0.1) is 12.4 Å². The van der Waals surface area contributed by atoms with Crippen LogP contribution in [0.25, 0.3) is 0 Å². The average molecular weight is 337 g/mol. The van der Waals surface area contributed by atoms with Gasteiger partial charge in [0.2, 0.25) is 5.91 Å². The van der Waals surface area contributed by atoms with E-state index < -0.39 is 17.2 Å². The number of amides is 1. The summed E-state index contributed by atoms with van der Waals surface area (Å²) in [5.74, 6) is 0.153. The molecule has 3 nitrogen and oxygen atoms in total. The summed E-state index contributed by atoms with van der Waals surface area (Å²) >= 11 is 0. The summed E-state index contributed by atoms with van der Waals surface area (Å²) in [4.78, 5) is 12.3. The smallest absolute Gasteiger partial charge is 0.355 e. The number of rotatable bonds is 4. The molecule has 0 atom stereocenters. The number of halogens is 4. The number of carbonyl (C=O) groups is 1. The minimum absolute atomic E-state index is 0. The second-order valence-corrected chi connectivity index (χ2v) is 5.94. The normalized spacial score (nSPS) is 15.7. The first-order valence-corrected chi connectivity index (χ1v) is 6.88. The van der Waals surface area contributed by atoms with Crippen molar-refractivity contribution in [2.45, 2.75) is 25.4 Å². The zero-order valence-corrected chi connectivity index (χ0v) is 13.3. The standard InChI is InChI=1S/C15H19F3N2O.ClH/c1-14(2,13(21)20-9-10-7-19-8-10)11-4-3-5-12(6-11)15(16,17)18;/h3-6,10,19H,7-9H2,1-2H3,(H,20,21);1H.